The Bertz CT molecular complexity index is 919. The number of carbonyl (C=O) groups excluding carboxylic acids is 1. The van der Waals surface area contributed by atoms with Gasteiger partial charge in [0.25, 0.3) is 0 Å². The van der Waals surface area contributed by atoms with Crippen molar-refractivity contribution >= 4 is 17.4 Å². The molecule has 152 valence electrons. The highest BCUT2D eigenvalue weighted by atomic mass is 35.5. The highest BCUT2D eigenvalue weighted by Gasteiger charge is 2.21. The number of hydrogen-bond acceptors (Lipinski definition) is 5. The Hall–Kier alpha value is -2.63. The Balaban J connectivity index is 1.75. The molecular weight excluding hydrogens is 390 g/mol. The van der Waals surface area contributed by atoms with Gasteiger partial charge in [-0.05, 0) is 41.8 Å². The molecule has 0 amide bonds. The van der Waals surface area contributed by atoms with E-state index in [0.717, 1.165) is 22.6 Å². The molecule has 0 bridgehead atoms. The second kappa shape index (κ2) is 10.2. The van der Waals surface area contributed by atoms with Crippen molar-refractivity contribution in [3.63, 3.8) is 0 Å². The average Bonchev–Trinajstić information content (AvgIpc) is 3.19. The van der Waals surface area contributed by atoms with Crippen molar-refractivity contribution in [2.24, 2.45) is 0 Å². The minimum atomic E-state index is -0.112. The molecule has 0 aliphatic carbocycles. The van der Waals surface area contributed by atoms with Gasteiger partial charge in [0.05, 0.1) is 19.4 Å². The fourth-order valence-electron chi connectivity index (χ4n) is 3.25. The van der Waals surface area contributed by atoms with Gasteiger partial charge in [0.2, 0.25) is 0 Å². The zero-order valence-corrected chi connectivity index (χ0v) is 17.1. The van der Waals surface area contributed by atoms with Crippen LogP contribution in [0.3, 0.4) is 0 Å². The van der Waals surface area contributed by atoms with Crippen LogP contribution in [0, 0.1) is 0 Å². The number of ketones is 1. The smallest absolute Gasteiger partial charge is 0.139 e. The van der Waals surface area contributed by atoms with Crippen LogP contribution >= 0.6 is 11.6 Å². The van der Waals surface area contributed by atoms with E-state index in [2.05, 4.69) is 5.16 Å². The Labute approximate surface area is 175 Å². The molecular formula is C23H24ClNO4. The maximum Gasteiger partial charge on any atom is 0.139 e. The standard InChI is InChI=1S/C23H24ClNO4/c1-28-21-8-4-16(5-9-21)12-18(23-15-22(10-11-26)29-25-23)14-20(27)13-17-2-6-19(24)7-3-17/h2-9,15,18,26H,10-14H2,1H3/t18-/m1/s1. The Kier molecular flexibility index (Phi) is 7.44. The Morgan fingerprint density at radius 3 is 2.48 bits per heavy atom. The molecule has 1 aromatic heterocycles. The first-order chi connectivity index (χ1) is 14.1. The SMILES string of the molecule is COc1ccc(C[C@H](CC(=O)Cc2ccc(Cl)cc2)c2cc(CCO)on2)cc1. The van der Waals surface area contributed by atoms with E-state index in [9.17, 15) is 4.79 Å². The predicted octanol–water partition coefficient (Wildman–Crippen LogP) is 4.40. The molecule has 1 atom stereocenters. The summed E-state index contributed by atoms with van der Waals surface area (Å²) in [6, 6.07) is 16.9. The van der Waals surface area contributed by atoms with Crippen molar-refractivity contribution in [3.8, 4) is 5.75 Å². The van der Waals surface area contributed by atoms with Crippen LogP contribution in [0.25, 0.3) is 0 Å². The van der Waals surface area contributed by atoms with E-state index >= 15 is 0 Å². The zero-order chi connectivity index (χ0) is 20.6. The molecule has 6 heteroatoms. The third-order valence-corrected chi connectivity index (χ3v) is 5.04. The largest absolute Gasteiger partial charge is 0.497 e. The molecule has 3 aromatic rings. The van der Waals surface area contributed by atoms with Gasteiger partial charge in [-0.15, -0.1) is 0 Å². The maximum absolute atomic E-state index is 12.8. The lowest BCUT2D eigenvalue weighted by atomic mass is 9.89. The molecule has 0 unspecified atom stereocenters. The van der Waals surface area contributed by atoms with Crippen molar-refractivity contribution in [2.45, 2.75) is 31.6 Å². The molecule has 1 N–H and O–H groups in total. The fraction of sp³-hybridized carbons (Fsp3) is 0.304. The van der Waals surface area contributed by atoms with E-state index in [0.29, 0.717) is 36.5 Å². The van der Waals surface area contributed by atoms with Crippen molar-refractivity contribution in [1.82, 2.24) is 5.16 Å². The number of aliphatic hydroxyl groups excluding tert-OH is 1. The second-order valence-corrected chi connectivity index (χ2v) is 7.42. The van der Waals surface area contributed by atoms with Crippen LogP contribution in [0.15, 0.2) is 59.1 Å². The number of methoxy groups -OCH3 is 1. The van der Waals surface area contributed by atoms with E-state index in [-0.39, 0.29) is 18.3 Å². The number of ether oxygens (including phenoxy) is 1. The van der Waals surface area contributed by atoms with Gasteiger partial charge >= 0.3 is 0 Å². The molecule has 0 saturated carbocycles. The Morgan fingerprint density at radius 1 is 1.14 bits per heavy atom. The van der Waals surface area contributed by atoms with Crippen LogP contribution in [0.5, 0.6) is 5.75 Å². The number of aromatic nitrogens is 1. The molecule has 0 aliphatic rings. The summed E-state index contributed by atoms with van der Waals surface area (Å²) in [6.07, 6.45) is 1.75. The first kappa shape index (κ1) is 21.1. The van der Waals surface area contributed by atoms with E-state index in [1.54, 1.807) is 19.2 Å². The highest BCUT2D eigenvalue weighted by molar-refractivity contribution is 6.30. The van der Waals surface area contributed by atoms with Gasteiger partial charge in [0, 0.05) is 36.3 Å². The summed E-state index contributed by atoms with van der Waals surface area (Å²) in [6.45, 7) is -0.00667. The van der Waals surface area contributed by atoms with E-state index in [1.807, 2.05) is 42.5 Å². The summed E-state index contributed by atoms with van der Waals surface area (Å²) in [4.78, 5) is 12.8. The molecule has 0 spiro atoms. The summed E-state index contributed by atoms with van der Waals surface area (Å²) in [5, 5.41) is 13.9. The lowest BCUT2D eigenvalue weighted by Crippen LogP contribution is -2.12. The third kappa shape index (κ3) is 6.17. The number of aliphatic hydroxyl groups is 1. The van der Waals surface area contributed by atoms with Gasteiger partial charge in [0.1, 0.15) is 17.3 Å². The van der Waals surface area contributed by atoms with E-state index in [1.165, 1.54) is 0 Å². The minimum absolute atomic E-state index is 0.00667. The minimum Gasteiger partial charge on any atom is -0.497 e. The first-order valence-electron chi connectivity index (χ1n) is 9.53. The molecule has 5 nitrogen and oxygen atoms in total. The molecule has 3 rings (SSSR count). The van der Waals surface area contributed by atoms with Gasteiger partial charge in [-0.25, -0.2) is 0 Å². The zero-order valence-electron chi connectivity index (χ0n) is 16.3. The van der Waals surface area contributed by atoms with Crippen LogP contribution in [0.2, 0.25) is 5.02 Å². The summed E-state index contributed by atoms with van der Waals surface area (Å²) in [5.74, 6) is 1.42. The fourth-order valence-corrected chi connectivity index (χ4v) is 3.38. The van der Waals surface area contributed by atoms with Gasteiger partial charge in [-0.2, -0.15) is 0 Å². The van der Waals surface area contributed by atoms with Gasteiger partial charge in [0.15, 0.2) is 0 Å². The van der Waals surface area contributed by atoms with Crippen LogP contribution in [-0.4, -0.2) is 29.8 Å². The molecule has 0 saturated heterocycles. The summed E-state index contributed by atoms with van der Waals surface area (Å²) < 4.78 is 10.5. The molecule has 2 aromatic carbocycles. The summed E-state index contributed by atoms with van der Waals surface area (Å²) >= 11 is 5.92. The summed E-state index contributed by atoms with van der Waals surface area (Å²) in [5.41, 5.74) is 2.75. The number of hydrogen-bond donors (Lipinski definition) is 1. The number of benzene rings is 2. The van der Waals surface area contributed by atoms with Crippen molar-refractivity contribution in [2.75, 3.05) is 13.7 Å². The van der Waals surface area contributed by atoms with Crippen LogP contribution < -0.4 is 4.74 Å². The van der Waals surface area contributed by atoms with E-state index in [4.69, 9.17) is 26.0 Å². The third-order valence-electron chi connectivity index (χ3n) is 4.78. The number of Topliss-reactive ketones (excluding diaryl/α,β-unsaturated/α-hetero) is 1. The van der Waals surface area contributed by atoms with Crippen LogP contribution in [0.4, 0.5) is 0 Å². The first-order valence-corrected chi connectivity index (χ1v) is 9.90. The number of nitrogens with zero attached hydrogens (tertiary/aromatic N) is 1. The molecule has 0 radical (unpaired) electrons. The average molecular weight is 414 g/mol. The molecule has 29 heavy (non-hydrogen) atoms. The summed E-state index contributed by atoms with van der Waals surface area (Å²) in [7, 11) is 1.63. The Morgan fingerprint density at radius 2 is 1.83 bits per heavy atom. The van der Waals surface area contributed by atoms with E-state index < -0.39 is 0 Å². The monoisotopic (exact) mass is 413 g/mol. The second-order valence-electron chi connectivity index (χ2n) is 6.99. The molecule has 0 aliphatic heterocycles. The van der Waals surface area contributed by atoms with Crippen LogP contribution in [-0.2, 0) is 24.1 Å². The lowest BCUT2D eigenvalue weighted by molar-refractivity contribution is -0.118. The van der Waals surface area contributed by atoms with Gasteiger partial charge in [-0.3, -0.25) is 4.79 Å². The van der Waals surface area contributed by atoms with Gasteiger partial charge in [-0.1, -0.05) is 41.0 Å². The van der Waals surface area contributed by atoms with Crippen molar-refractivity contribution < 1.29 is 19.2 Å². The lowest BCUT2D eigenvalue weighted by Gasteiger charge is -2.14. The number of rotatable bonds is 10. The van der Waals surface area contributed by atoms with Crippen LogP contribution in [0.1, 0.15) is 34.9 Å². The highest BCUT2D eigenvalue weighted by Crippen LogP contribution is 2.26. The van der Waals surface area contributed by atoms with Crippen molar-refractivity contribution in [1.29, 1.82) is 0 Å². The number of halogens is 1. The van der Waals surface area contributed by atoms with Gasteiger partial charge < -0.3 is 14.4 Å². The van der Waals surface area contributed by atoms with Crippen molar-refractivity contribution in [3.05, 3.63) is 82.2 Å². The number of carbonyl (C=O) groups is 1. The quantitative estimate of drug-likeness (QED) is 0.533. The molecule has 1 heterocycles. The maximum atomic E-state index is 12.8. The molecule has 0 fully saturated rings. The normalized spacial score (nSPS) is 12.0. The topological polar surface area (TPSA) is 72.6 Å². The predicted molar refractivity (Wildman–Crippen MR) is 112 cm³/mol.